The van der Waals surface area contributed by atoms with E-state index < -0.39 is 5.54 Å². The number of H-pyrrole nitrogens is 1. The first-order chi connectivity index (χ1) is 6.86. The molecule has 0 aliphatic rings. The molecule has 17 heavy (non-hydrogen) atoms. The third-order valence-corrected chi connectivity index (χ3v) is 2.63. The van der Waals surface area contributed by atoms with Crippen LogP contribution in [0.25, 0.3) is 0 Å². The van der Waals surface area contributed by atoms with Crippen LogP contribution in [0.5, 0.6) is 0 Å². The van der Waals surface area contributed by atoms with E-state index in [1.807, 2.05) is 27.7 Å². The van der Waals surface area contributed by atoms with Crippen LogP contribution in [-0.4, -0.2) is 9.97 Å². The van der Waals surface area contributed by atoms with Crippen LogP contribution >= 0.6 is 24.8 Å². The van der Waals surface area contributed by atoms with Crippen molar-refractivity contribution in [2.24, 2.45) is 5.73 Å². The lowest BCUT2D eigenvalue weighted by molar-refractivity contribution is 0.440. The zero-order valence-corrected chi connectivity index (χ0v) is 12.2. The molecule has 0 fully saturated rings. The number of rotatable bonds is 3. The predicted octanol–water partition coefficient (Wildman–Crippen LogP) is 2.32. The maximum absolute atomic E-state index is 11.4. The third kappa shape index (κ3) is 4.66. The van der Waals surface area contributed by atoms with Gasteiger partial charge in [0.2, 0.25) is 0 Å². The summed E-state index contributed by atoms with van der Waals surface area (Å²) in [5, 5.41) is 0. The van der Waals surface area contributed by atoms with Crippen molar-refractivity contribution >= 4 is 24.8 Å². The van der Waals surface area contributed by atoms with Gasteiger partial charge in [0.25, 0.3) is 5.56 Å². The van der Waals surface area contributed by atoms with Crippen molar-refractivity contribution in [3.05, 3.63) is 27.9 Å². The van der Waals surface area contributed by atoms with Crippen molar-refractivity contribution in [1.82, 2.24) is 9.97 Å². The van der Waals surface area contributed by atoms with Gasteiger partial charge >= 0.3 is 0 Å². The molecule has 6 heteroatoms. The van der Waals surface area contributed by atoms with Crippen molar-refractivity contribution in [1.29, 1.82) is 0 Å². The fraction of sp³-hybridized carbons (Fsp3) is 0.636. The van der Waals surface area contributed by atoms with Crippen molar-refractivity contribution in [3.63, 3.8) is 0 Å². The molecule has 1 unspecified atom stereocenters. The van der Waals surface area contributed by atoms with Crippen molar-refractivity contribution in [2.75, 3.05) is 0 Å². The first-order valence-electron chi connectivity index (χ1n) is 5.27. The summed E-state index contributed by atoms with van der Waals surface area (Å²) < 4.78 is 0. The highest BCUT2D eigenvalue weighted by Gasteiger charge is 2.22. The Bertz CT molecular complexity index is 402. The molecule has 0 aliphatic heterocycles. The molecule has 100 valence electrons. The molecular formula is C11H21Cl2N3O. The van der Waals surface area contributed by atoms with Gasteiger partial charge in [-0.1, -0.05) is 20.8 Å². The number of aromatic amines is 1. The average Bonchev–Trinajstić information content (AvgIpc) is 2.16. The minimum absolute atomic E-state index is 0. The smallest absolute Gasteiger partial charge is 0.251 e. The lowest BCUT2D eigenvalue weighted by atomic mass is 9.99. The number of nitrogens with one attached hydrogen (secondary N) is 1. The highest BCUT2D eigenvalue weighted by molar-refractivity contribution is 5.85. The summed E-state index contributed by atoms with van der Waals surface area (Å²) in [7, 11) is 0. The molecule has 0 saturated heterocycles. The summed E-state index contributed by atoms with van der Waals surface area (Å²) in [4.78, 5) is 18.5. The van der Waals surface area contributed by atoms with Crippen molar-refractivity contribution in [2.45, 2.75) is 45.6 Å². The zero-order chi connectivity index (χ0) is 11.6. The quantitative estimate of drug-likeness (QED) is 0.893. The molecule has 0 radical (unpaired) electrons. The van der Waals surface area contributed by atoms with Crippen LogP contribution in [0.2, 0.25) is 0 Å². The summed E-state index contributed by atoms with van der Waals surface area (Å²) in [6.07, 6.45) is 0.734. The molecule has 0 amide bonds. The Labute approximate surface area is 114 Å². The van der Waals surface area contributed by atoms with E-state index in [0.717, 1.165) is 12.1 Å². The van der Waals surface area contributed by atoms with Gasteiger partial charge in [-0.25, -0.2) is 4.98 Å². The minimum atomic E-state index is -0.565. The second-order valence-corrected chi connectivity index (χ2v) is 4.44. The van der Waals surface area contributed by atoms with Gasteiger partial charge < -0.3 is 10.7 Å². The Morgan fingerprint density at radius 1 is 1.47 bits per heavy atom. The summed E-state index contributed by atoms with van der Waals surface area (Å²) in [6.45, 7) is 7.86. The molecule has 3 N–H and O–H groups in total. The number of nitrogens with zero attached hydrogens (tertiary/aromatic N) is 1. The van der Waals surface area contributed by atoms with E-state index in [-0.39, 0.29) is 36.3 Å². The SMILES string of the molecule is CCC(C)(N)c1nc(C(C)C)cc(=O)[nH]1.Cl.Cl. The Morgan fingerprint density at radius 3 is 2.41 bits per heavy atom. The molecule has 1 heterocycles. The summed E-state index contributed by atoms with van der Waals surface area (Å²) in [5.74, 6) is 0.805. The molecule has 1 rings (SSSR count). The van der Waals surface area contributed by atoms with Gasteiger partial charge in [-0.05, 0) is 19.3 Å². The molecule has 0 spiro atoms. The minimum Gasteiger partial charge on any atom is -0.319 e. The Kier molecular flexibility index (Phi) is 7.72. The monoisotopic (exact) mass is 281 g/mol. The maximum atomic E-state index is 11.4. The predicted molar refractivity (Wildman–Crippen MR) is 75.3 cm³/mol. The first kappa shape index (κ1) is 18.8. The van der Waals surface area contributed by atoms with Crippen LogP contribution < -0.4 is 11.3 Å². The van der Waals surface area contributed by atoms with E-state index in [1.54, 1.807) is 0 Å². The standard InChI is InChI=1S/C11H19N3O.2ClH/c1-5-11(4,12)10-13-8(7(2)3)6-9(15)14-10;;/h6-7H,5,12H2,1-4H3,(H,13,14,15);2*1H. The van der Waals surface area contributed by atoms with Gasteiger partial charge in [0.15, 0.2) is 0 Å². The van der Waals surface area contributed by atoms with E-state index in [1.165, 1.54) is 6.07 Å². The molecule has 0 saturated carbocycles. The van der Waals surface area contributed by atoms with Gasteiger partial charge in [0, 0.05) is 6.07 Å². The average molecular weight is 282 g/mol. The Hall–Kier alpha value is -0.580. The van der Waals surface area contributed by atoms with Gasteiger partial charge in [-0.15, -0.1) is 24.8 Å². The Morgan fingerprint density at radius 2 is 2.00 bits per heavy atom. The summed E-state index contributed by atoms with van der Waals surface area (Å²) >= 11 is 0. The first-order valence-corrected chi connectivity index (χ1v) is 5.27. The summed E-state index contributed by atoms with van der Waals surface area (Å²) in [6, 6.07) is 1.53. The van der Waals surface area contributed by atoms with Crippen LogP contribution in [-0.2, 0) is 5.54 Å². The highest BCUT2D eigenvalue weighted by Crippen LogP contribution is 2.18. The van der Waals surface area contributed by atoms with Gasteiger partial charge in [-0.2, -0.15) is 0 Å². The maximum Gasteiger partial charge on any atom is 0.251 e. The normalized spacial score (nSPS) is 13.5. The number of halogens is 2. The second kappa shape index (κ2) is 6.99. The topological polar surface area (TPSA) is 71.8 Å². The molecule has 1 atom stereocenters. The van der Waals surface area contributed by atoms with Crippen LogP contribution in [0.15, 0.2) is 10.9 Å². The number of aromatic nitrogens is 2. The molecule has 1 aromatic rings. The number of hydrogen-bond acceptors (Lipinski definition) is 3. The van der Waals surface area contributed by atoms with E-state index >= 15 is 0 Å². The molecule has 0 aromatic carbocycles. The zero-order valence-electron chi connectivity index (χ0n) is 10.6. The Balaban J connectivity index is 0. The number of nitrogens with two attached hydrogens (primary N) is 1. The third-order valence-electron chi connectivity index (χ3n) is 2.63. The summed E-state index contributed by atoms with van der Waals surface area (Å²) in [5.41, 5.74) is 6.14. The van der Waals surface area contributed by atoms with E-state index in [0.29, 0.717) is 5.82 Å². The van der Waals surface area contributed by atoms with E-state index in [4.69, 9.17) is 5.73 Å². The molecule has 4 nitrogen and oxygen atoms in total. The van der Waals surface area contributed by atoms with Gasteiger partial charge in [0.05, 0.1) is 11.2 Å². The molecule has 0 bridgehead atoms. The van der Waals surface area contributed by atoms with Gasteiger partial charge in [0.1, 0.15) is 5.82 Å². The lowest BCUT2D eigenvalue weighted by Gasteiger charge is -2.22. The van der Waals surface area contributed by atoms with Crippen molar-refractivity contribution < 1.29 is 0 Å². The van der Waals surface area contributed by atoms with Gasteiger partial charge in [-0.3, -0.25) is 4.79 Å². The van der Waals surface area contributed by atoms with Crippen molar-refractivity contribution in [3.8, 4) is 0 Å². The van der Waals surface area contributed by atoms with Crippen LogP contribution in [0.3, 0.4) is 0 Å². The second-order valence-electron chi connectivity index (χ2n) is 4.44. The van der Waals surface area contributed by atoms with Crippen LogP contribution in [0, 0.1) is 0 Å². The van der Waals surface area contributed by atoms with Crippen LogP contribution in [0.4, 0.5) is 0 Å². The van der Waals surface area contributed by atoms with Crippen LogP contribution in [0.1, 0.15) is 51.6 Å². The fourth-order valence-corrected chi connectivity index (χ4v) is 1.21. The largest absolute Gasteiger partial charge is 0.319 e. The fourth-order valence-electron chi connectivity index (χ4n) is 1.21. The number of hydrogen-bond donors (Lipinski definition) is 2. The molecular weight excluding hydrogens is 261 g/mol. The highest BCUT2D eigenvalue weighted by atomic mass is 35.5. The van der Waals surface area contributed by atoms with E-state index in [9.17, 15) is 4.79 Å². The van der Waals surface area contributed by atoms with E-state index in [2.05, 4.69) is 9.97 Å². The molecule has 1 aromatic heterocycles. The lowest BCUT2D eigenvalue weighted by Crippen LogP contribution is -2.36. The molecule has 0 aliphatic carbocycles.